The van der Waals surface area contributed by atoms with Crippen molar-refractivity contribution in [2.75, 3.05) is 13.1 Å². The van der Waals surface area contributed by atoms with Crippen LogP contribution in [0.25, 0.3) is 0 Å². The van der Waals surface area contributed by atoms with E-state index in [2.05, 4.69) is 16.8 Å². The van der Waals surface area contributed by atoms with Crippen molar-refractivity contribution >= 4 is 5.91 Å². The van der Waals surface area contributed by atoms with E-state index in [4.69, 9.17) is 0 Å². The number of alkyl halides is 3. The molecule has 3 nitrogen and oxygen atoms in total. The van der Waals surface area contributed by atoms with E-state index in [1.807, 2.05) is 0 Å². The summed E-state index contributed by atoms with van der Waals surface area (Å²) in [6.45, 7) is 5.63. The smallest absolute Gasteiger partial charge is 0.353 e. The number of allylic oxidation sites excluding steroid dienone is 1. The highest BCUT2D eigenvalue weighted by molar-refractivity contribution is 5.76. The van der Waals surface area contributed by atoms with E-state index in [9.17, 15) is 18.0 Å². The van der Waals surface area contributed by atoms with Gasteiger partial charge in [-0.25, -0.2) is 0 Å². The summed E-state index contributed by atoms with van der Waals surface area (Å²) in [5, 5.41) is 3.00. The predicted molar refractivity (Wildman–Crippen MR) is 87.3 cm³/mol. The van der Waals surface area contributed by atoms with Gasteiger partial charge in [0.25, 0.3) is 0 Å². The molecule has 1 amide bonds. The minimum absolute atomic E-state index is 0.0335. The van der Waals surface area contributed by atoms with E-state index >= 15 is 0 Å². The number of benzene rings is 1. The molecule has 1 heterocycles. The number of nitrogens with one attached hydrogen (secondary N) is 1. The van der Waals surface area contributed by atoms with Gasteiger partial charge in [0, 0.05) is 32.1 Å². The molecule has 1 aromatic carbocycles. The molecule has 132 valence electrons. The van der Waals surface area contributed by atoms with E-state index in [1.54, 1.807) is 12.1 Å². The fourth-order valence-electron chi connectivity index (χ4n) is 2.87. The number of piperidine rings is 1. The van der Waals surface area contributed by atoms with Crippen LogP contribution in [0.2, 0.25) is 0 Å². The van der Waals surface area contributed by atoms with Crippen LogP contribution in [-0.4, -0.2) is 29.9 Å². The first-order valence-corrected chi connectivity index (χ1v) is 8.17. The molecule has 0 spiro atoms. The van der Waals surface area contributed by atoms with Crippen LogP contribution in [0.5, 0.6) is 0 Å². The molecule has 1 aliphatic heterocycles. The molecule has 1 saturated heterocycles. The summed E-state index contributed by atoms with van der Waals surface area (Å²) in [6, 6.07) is 5.63. The van der Waals surface area contributed by atoms with Gasteiger partial charge in [0.05, 0.1) is 5.56 Å². The van der Waals surface area contributed by atoms with Gasteiger partial charge in [0.15, 0.2) is 0 Å². The van der Waals surface area contributed by atoms with Gasteiger partial charge < -0.3 is 5.32 Å². The molecular formula is C18H23F3N2O. The lowest BCUT2D eigenvalue weighted by Crippen LogP contribution is -2.44. The fraction of sp³-hybridized carbons (Fsp3) is 0.500. The van der Waals surface area contributed by atoms with Gasteiger partial charge in [-0.3, -0.25) is 9.69 Å². The van der Waals surface area contributed by atoms with Crippen molar-refractivity contribution in [2.24, 2.45) is 0 Å². The Labute approximate surface area is 140 Å². The Bertz CT molecular complexity index is 564. The van der Waals surface area contributed by atoms with E-state index < -0.39 is 11.7 Å². The SMILES string of the molecule is C=CCCC(=O)NC1CCN(Cc2cccc(C(F)(F)F)c2)CC1. The van der Waals surface area contributed by atoms with Crippen LogP contribution in [0.1, 0.15) is 36.8 Å². The molecule has 0 aromatic heterocycles. The molecule has 1 fully saturated rings. The average Bonchev–Trinajstić information content (AvgIpc) is 2.54. The topological polar surface area (TPSA) is 32.3 Å². The second kappa shape index (κ2) is 8.33. The second-order valence-corrected chi connectivity index (χ2v) is 6.14. The first-order valence-electron chi connectivity index (χ1n) is 8.17. The molecule has 1 aliphatic rings. The highest BCUT2D eigenvalue weighted by Gasteiger charge is 2.30. The maximum atomic E-state index is 12.7. The molecule has 0 aliphatic carbocycles. The summed E-state index contributed by atoms with van der Waals surface area (Å²) in [7, 11) is 0. The van der Waals surface area contributed by atoms with Gasteiger partial charge in [-0.2, -0.15) is 13.2 Å². The molecule has 1 N–H and O–H groups in total. The summed E-state index contributed by atoms with van der Waals surface area (Å²) < 4.78 is 38.2. The lowest BCUT2D eigenvalue weighted by Gasteiger charge is -2.32. The van der Waals surface area contributed by atoms with E-state index in [0.29, 0.717) is 24.9 Å². The molecular weight excluding hydrogens is 317 g/mol. The molecule has 2 rings (SSSR count). The number of carbonyl (C=O) groups is 1. The van der Waals surface area contributed by atoms with Crippen LogP contribution in [0.4, 0.5) is 13.2 Å². The Kier molecular flexibility index (Phi) is 6.43. The summed E-state index contributed by atoms with van der Waals surface area (Å²) in [6.07, 6.45) is 0.168. The Morgan fingerprint density at radius 2 is 2.04 bits per heavy atom. The minimum Gasteiger partial charge on any atom is -0.353 e. The van der Waals surface area contributed by atoms with Crippen molar-refractivity contribution in [3.05, 3.63) is 48.0 Å². The number of nitrogens with zero attached hydrogens (tertiary/aromatic N) is 1. The third kappa shape index (κ3) is 5.67. The quantitative estimate of drug-likeness (QED) is 0.800. The van der Waals surface area contributed by atoms with Crippen LogP contribution < -0.4 is 5.32 Å². The van der Waals surface area contributed by atoms with Crippen LogP contribution in [0.3, 0.4) is 0 Å². The first kappa shape index (κ1) is 18.5. The number of rotatable bonds is 6. The lowest BCUT2D eigenvalue weighted by atomic mass is 10.0. The monoisotopic (exact) mass is 340 g/mol. The second-order valence-electron chi connectivity index (χ2n) is 6.14. The van der Waals surface area contributed by atoms with Crippen LogP contribution >= 0.6 is 0 Å². The van der Waals surface area contributed by atoms with Crippen molar-refractivity contribution < 1.29 is 18.0 Å². The van der Waals surface area contributed by atoms with E-state index in [1.165, 1.54) is 12.1 Å². The normalized spacial score (nSPS) is 16.8. The average molecular weight is 340 g/mol. The van der Waals surface area contributed by atoms with E-state index in [-0.39, 0.29) is 11.9 Å². The number of likely N-dealkylation sites (tertiary alicyclic amines) is 1. The van der Waals surface area contributed by atoms with Crippen molar-refractivity contribution in [3.63, 3.8) is 0 Å². The van der Waals surface area contributed by atoms with Crippen molar-refractivity contribution in [2.45, 2.75) is 44.4 Å². The maximum absolute atomic E-state index is 12.7. The Morgan fingerprint density at radius 1 is 1.33 bits per heavy atom. The standard InChI is InChI=1S/C18H23F3N2O/c1-2-3-7-17(24)22-16-8-10-23(11-9-16)13-14-5-4-6-15(12-14)18(19,20)21/h2,4-6,12,16H,1,3,7-11,13H2,(H,22,24). The van der Waals surface area contributed by atoms with Crippen molar-refractivity contribution in [1.82, 2.24) is 10.2 Å². The Hall–Kier alpha value is -1.82. The Balaban J connectivity index is 1.81. The molecule has 1 aromatic rings. The third-order valence-corrected chi connectivity index (χ3v) is 4.19. The van der Waals surface area contributed by atoms with E-state index in [0.717, 1.165) is 32.0 Å². The fourth-order valence-corrected chi connectivity index (χ4v) is 2.87. The van der Waals surface area contributed by atoms with Crippen LogP contribution in [0.15, 0.2) is 36.9 Å². The number of amides is 1. The third-order valence-electron chi connectivity index (χ3n) is 4.19. The van der Waals surface area contributed by atoms with Crippen molar-refractivity contribution in [1.29, 1.82) is 0 Å². The molecule has 0 bridgehead atoms. The molecule has 0 atom stereocenters. The van der Waals surface area contributed by atoms with Crippen LogP contribution in [0, 0.1) is 0 Å². The van der Waals surface area contributed by atoms with Crippen molar-refractivity contribution in [3.8, 4) is 0 Å². The summed E-state index contributed by atoms with van der Waals surface area (Å²) in [5.74, 6) is 0.0335. The highest BCUT2D eigenvalue weighted by atomic mass is 19.4. The minimum atomic E-state index is -4.31. The molecule has 6 heteroatoms. The molecule has 0 saturated carbocycles. The zero-order valence-electron chi connectivity index (χ0n) is 13.6. The summed E-state index contributed by atoms with van der Waals surface area (Å²) in [5.41, 5.74) is 0.0580. The Morgan fingerprint density at radius 3 is 2.67 bits per heavy atom. The molecule has 0 radical (unpaired) electrons. The number of hydrogen-bond donors (Lipinski definition) is 1. The maximum Gasteiger partial charge on any atom is 0.416 e. The lowest BCUT2D eigenvalue weighted by molar-refractivity contribution is -0.137. The zero-order chi connectivity index (χ0) is 17.6. The summed E-state index contributed by atoms with van der Waals surface area (Å²) in [4.78, 5) is 13.8. The van der Waals surface area contributed by atoms with Gasteiger partial charge in [-0.15, -0.1) is 6.58 Å². The predicted octanol–water partition coefficient (Wildman–Crippen LogP) is 3.75. The number of halogens is 3. The first-order chi connectivity index (χ1) is 11.4. The van der Waals surface area contributed by atoms with Gasteiger partial charge >= 0.3 is 6.18 Å². The molecule has 24 heavy (non-hydrogen) atoms. The number of hydrogen-bond acceptors (Lipinski definition) is 2. The van der Waals surface area contributed by atoms with Crippen LogP contribution in [-0.2, 0) is 17.5 Å². The van der Waals surface area contributed by atoms with Gasteiger partial charge in [-0.1, -0.05) is 24.3 Å². The molecule has 0 unspecified atom stereocenters. The van der Waals surface area contributed by atoms with Gasteiger partial charge in [0.2, 0.25) is 5.91 Å². The van der Waals surface area contributed by atoms with Gasteiger partial charge in [0.1, 0.15) is 0 Å². The van der Waals surface area contributed by atoms with Gasteiger partial charge in [-0.05, 0) is 30.9 Å². The highest BCUT2D eigenvalue weighted by Crippen LogP contribution is 2.30. The zero-order valence-corrected chi connectivity index (χ0v) is 13.6. The summed E-state index contributed by atoms with van der Waals surface area (Å²) >= 11 is 0. The largest absolute Gasteiger partial charge is 0.416 e. The number of carbonyl (C=O) groups excluding carboxylic acids is 1.